The molecule has 1 heterocycles. The van der Waals surface area contributed by atoms with Crippen LogP contribution in [0.4, 0.5) is 11.4 Å². The summed E-state index contributed by atoms with van der Waals surface area (Å²) in [4.78, 5) is 15.9. The lowest BCUT2D eigenvalue weighted by Gasteiger charge is -2.15. The van der Waals surface area contributed by atoms with Gasteiger partial charge in [-0.1, -0.05) is 20.8 Å². The summed E-state index contributed by atoms with van der Waals surface area (Å²) in [5, 5.41) is 2.68. The first-order valence-corrected chi connectivity index (χ1v) is 10.7. The maximum absolute atomic E-state index is 13.0. The predicted octanol–water partition coefficient (Wildman–Crippen LogP) is 4.50. The summed E-state index contributed by atoms with van der Waals surface area (Å²) in [7, 11) is -3.83. The van der Waals surface area contributed by atoms with Crippen molar-refractivity contribution in [1.29, 1.82) is 0 Å². The van der Waals surface area contributed by atoms with E-state index in [1.54, 1.807) is 44.2 Å². The number of sulfonamides is 1. The van der Waals surface area contributed by atoms with E-state index in [9.17, 15) is 13.2 Å². The molecule has 2 aromatic carbocycles. The Morgan fingerprint density at radius 2 is 1.66 bits per heavy atom. The van der Waals surface area contributed by atoms with Crippen molar-refractivity contribution in [1.82, 2.24) is 4.98 Å². The number of carbonyl (C=O) groups is 1. The Hall–Kier alpha value is -2.87. The summed E-state index contributed by atoms with van der Waals surface area (Å²) in [5.41, 5.74) is 2.98. The molecular weight excluding hydrogens is 390 g/mol. The van der Waals surface area contributed by atoms with Gasteiger partial charge in [-0.2, -0.15) is 0 Å². The van der Waals surface area contributed by atoms with Crippen LogP contribution >= 0.6 is 0 Å². The van der Waals surface area contributed by atoms with E-state index in [1.165, 1.54) is 6.92 Å². The fraction of sp³-hybridized carbons (Fsp3) is 0.333. The molecule has 1 aromatic heterocycles. The average molecular weight is 416 g/mol. The van der Waals surface area contributed by atoms with Crippen LogP contribution in [0.5, 0.6) is 0 Å². The molecule has 0 unspecified atom stereocenters. The summed E-state index contributed by atoms with van der Waals surface area (Å²) in [6.07, 6.45) is 0. The number of hydrogen-bond acceptors (Lipinski definition) is 5. The second-order valence-electron chi connectivity index (χ2n) is 8.18. The third kappa shape index (κ3) is 4.42. The molecule has 7 nitrogen and oxygen atoms in total. The van der Waals surface area contributed by atoms with Gasteiger partial charge in [-0.3, -0.25) is 9.52 Å². The van der Waals surface area contributed by atoms with Crippen LogP contribution in [0.2, 0.25) is 0 Å². The highest BCUT2D eigenvalue weighted by molar-refractivity contribution is 7.92. The molecule has 0 saturated heterocycles. The van der Waals surface area contributed by atoms with Gasteiger partial charge in [0.1, 0.15) is 5.52 Å². The molecule has 0 aliphatic heterocycles. The minimum Gasteiger partial charge on any atom is -0.440 e. The highest BCUT2D eigenvalue weighted by Crippen LogP contribution is 2.30. The van der Waals surface area contributed by atoms with E-state index in [0.717, 1.165) is 0 Å². The van der Waals surface area contributed by atoms with Crippen molar-refractivity contribution < 1.29 is 17.6 Å². The minimum absolute atomic E-state index is 0.183. The van der Waals surface area contributed by atoms with Crippen molar-refractivity contribution in [3.05, 3.63) is 47.3 Å². The number of nitrogens with one attached hydrogen (secondary N) is 2. The van der Waals surface area contributed by atoms with Crippen molar-refractivity contribution in [3.8, 4) is 0 Å². The summed E-state index contributed by atoms with van der Waals surface area (Å²) in [6, 6.07) is 8.28. The highest BCUT2D eigenvalue weighted by Gasteiger charge is 2.23. The number of benzene rings is 2. The zero-order valence-corrected chi connectivity index (χ0v) is 18.2. The molecule has 0 aliphatic rings. The number of anilines is 2. The van der Waals surface area contributed by atoms with Gasteiger partial charge in [-0.05, 0) is 55.3 Å². The molecule has 0 aliphatic carbocycles. The molecule has 0 bridgehead atoms. The van der Waals surface area contributed by atoms with E-state index < -0.39 is 10.0 Å². The van der Waals surface area contributed by atoms with Gasteiger partial charge in [0.05, 0.1) is 10.6 Å². The number of carbonyl (C=O) groups excluding carboxylic acids is 1. The molecule has 1 amide bonds. The third-order valence-corrected chi connectivity index (χ3v) is 6.02. The molecule has 29 heavy (non-hydrogen) atoms. The SMILES string of the molecule is CC(=O)Nc1cc(C)c(S(=O)(=O)Nc2ccc3oc(C(C)(C)C)nc3c2)c(C)c1. The molecule has 2 N–H and O–H groups in total. The number of amides is 1. The Kier molecular flexibility index (Phi) is 5.17. The largest absolute Gasteiger partial charge is 0.440 e. The molecule has 0 fully saturated rings. The zero-order chi connectivity index (χ0) is 21.6. The maximum Gasteiger partial charge on any atom is 0.262 e. The van der Waals surface area contributed by atoms with Gasteiger partial charge in [-0.15, -0.1) is 0 Å². The lowest BCUT2D eigenvalue weighted by Crippen LogP contribution is -2.16. The molecule has 3 rings (SSSR count). The van der Waals surface area contributed by atoms with Gasteiger partial charge in [-0.25, -0.2) is 13.4 Å². The number of rotatable bonds is 4. The minimum atomic E-state index is -3.83. The number of hydrogen-bond donors (Lipinski definition) is 2. The van der Waals surface area contributed by atoms with Gasteiger partial charge in [0.15, 0.2) is 5.58 Å². The van der Waals surface area contributed by atoms with E-state index in [1.807, 2.05) is 20.8 Å². The van der Waals surface area contributed by atoms with Crippen LogP contribution in [-0.4, -0.2) is 19.3 Å². The van der Waals surface area contributed by atoms with Crippen molar-refractivity contribution in [3.63, 3.8) is 0 Å². The van der Waals surface area contributed by atoms with Gasteiger partial charge in [0.2, 0.25) is 11.8 Å². The van der Waals surface area contributed by atoms with Crippen LogP contribution in [0.1, 0.15) is 44.7 Å². The fourth-order valence-electron chi connectivity index (χ4n) is 3.17. The monoisotopic (exact) mass is 415 g/mol. The van der Waals surface area contributed by atoms with Crippen LogP contribution in [0, 0.1) is 13.8 Å². The van der Waals surface area contributed by atoms with Gasteiger partial charge in [0.25, 0.3) is 10.0 Å². The first-order valence-electron chi connectivity index (χ1n) is 9.19. The topological polar surface area (TPSA) is 101 Å². The maximum atomic E-state index is 13.0. The summed E-state index contributed by atoms with van der Waals surface area (Å²) in [6.45, 7) is 10.8. The number of nitrogens with zero attached hydrogens (tertiary/aromatic N) is 1. The van der Waals surface area contributed by atoms with Crippen molar-refractivity contribution in [2.24, 2.45) is 0 Å². The normalized spacial score (nSPS) is 12.2. The van der Waals surface area contributed by atoms with E-state index in [0.29, 0.717) is 39.5 Å². The van der Waals surface area contributed by atoms with Crippen LogP contribution in [0.25, 0.3) is 11.1 Å². The zero-order valence-electron chi connectivity index (χ0n) is 17.4. The van der Waals surface area contributed by atoms with Crippen molar-refractivity contribution >= 4 is 38.4 Å². The molecule has 0 radical (unpaired) electrons. The second kappa shape index (κ2) is 7.18. The first kappa shape index (κ1) is 20.9. The molecule has 154 valence electrons. The Balaban J connectivity index is 1.96. The number of fused-ring (bicyclic) bond motifs is 1. The summed E-state index contributed by atoms with van der Waals surface area (Å²) in [5.74, 6) is 0.376. The van der Waals surface area contributed by atoms with E-state index >= 15 is 0 Å². The molecule has 0 spiro atoms. The number of oxazole rings is 1. The van der Waals surface area contributed by atoms with Gasteiger partial charge in [0, 0.05) is 18.0 Å². The highest BCUT2D eigenvalue weighted by atomic mass is 32.2. The molecule has 0 atom stereocenters. The fourth-order valence-corrected chi connectivity index (χ4v) is 4.67. The second-order valence-corrected chi connectivity index (χ2v) is 9.80. The van der Waals surface area contributed by atoms with E-state index in [2.05, 4.69) is 15.0 Å². The molecular formula is C21H25N3O4S. The van der Waals surface area contributed by atoms with Gasteiger partial charge >= 0.3 is 0 Å². The van der Waals surface area contributed by atoms with Crippen LogP contribution in [0.15, 0.2) is 39.6 Å². The quantitative estimate of drug-likeness (QED) is 0.653. The lowest BCUT2D eigenvalue weighted by molar-refractivity contribution is -0.114. The summed E-state index contributed by atoms with van der Waals surface area (Å²) >= 11 is 0. The van der Waals surface area contributed by atoms with Crippen molar-refractivity contribution in [2.45, 2.75) is 51.9 Å². The van der Waals surface area contributed by atoms with Crippen LogP contribution in [-0.2, 0) is 20.2 Å². The molecule has 3 aromatic rings. The number of aryl methyl sites for hydroxylation is 2. The van der Waals surface area contributed by atoms with Crippen LogP contribution in [0.3, 0.4) is 0 Å². The van der Waals surface area contributed by atoms with Crippen molar-refractivity contribution in [2.75, 3.05) is 10.0 Å². The lowest BCUT2D eigenvalue weighted by atomic mass is 9.97. The Labute approximate surface area is 170 Å². The van der Waals surface area contributed by atoms with E-state index in [4.69, 9.17) is 4.42 Å². The van der Waals surface area contributed by atoms with Gasteiger partial charge < -0.3 is 9.73 Å². The first-order chi connectivity index (χ1) is 13.4. The smallest absolute Gasteiger partial charge is 0.262 e. The van der Waals surface area contributed by atoms with E-state index in [-0.39, 0.29) is 16.2 Å². The number of aromatic nitrogens is 1. The Morgan fingerprint density at radius 1 is 1.03 bits per heavy atom. The molecule has 0 saturated carbocycles. The Morgan fingerprint density at radius 3 is 2.21 bits per heavy atom. The standard InChI is InChI=1S/C21H25N3O4S/c1-12-9-16(22-14(3)25)10-13(2)19(12)29(26,27)24-15-7-8-18-17(11-15)23-20(28-18)21(4,5)6/h7-11,24H,1-6H3,(H,22,25). The summed E-state index contributed by atoms with van der Waals surface area (Å²) < 4.78 is 34.5. The Bertz CT molecular complexity index is 1180. The third-order valence-electron chi connectivity index (χ3n) is 4.33. The average Bonchev–Trinajstić information content (AvgIpc) is 2.96. The molecule has 8 heteroatoms. The van der Waals surface area contributed by atoms with Crippen LogP contribution < -0.4 is 10.0 Å². The predicted molar refractivity (Wildman–Crippen MR) is 114 cm³/mol.